The van der Waals surface area contributed by atoms with Crippen molar-refractivity contribution in [3.05, 3.63) is 49.0 Å². The van der Waals surface area contributed by atoms with E-state index in [1.807, 2.05) is 16.8 Å². The Kier molecular flexibility index (Phi) is 3.15. The van der Waals surface area contributed by atoms with Crippen LogP contribution in [0.3, 0.4) is 0 Å². The van der Waals surface area contributed by atoms with Crippen LogP contribution >= 0.6 is 34.9 Å². The lowest BCUT2D eigenvalue weighted by Gasteiger charge is -2.05. The van der Waals surface area contributed by atoms with Crippen molar-refractivity contribution in [2.24, 2.45) is 0 Å². The molecule has 3 aromatic rings. The molecule has 0 spiro atoms. The Bertz CT molecular complexity index is 780. The Morgan fingerprint density at radius 1 is 1.33 bits per heavy atom. The Balaban J connectivity index is 2.01. The van der Waals surface area contributed by atoms with Crippen molar-refractivity contribution in [1.29, 1.82) is 0 Å². The molecule has 0 unspecified atom stereocenters. The van der Waals surface area contributed by atoms with E-state index < -0.39 is 0 Å². The highest BCUT2D eigenvalue weighted by Gasteiger charge is 2.06. The first-order valence-electron chi connectivity index (χ1n) is 5.47. The van der Waals surface area contributed by atoms with Crippen LogP contribution in [0, 0.1) is 4.77 Å². The molecule has 0 amide bonds. The minimum atomic E-state index is 0.00484. The van der Waals surface area contributed by atoms with Gasteiger partial charge in [0.1, 0.15) is 4.83 Å². The molecule has 0 fully saturated rings. The average Bonchev–Trinajstić information content (AvgIpc) is 2.98. The fourth-order valence-corrected chi connectivity index (χ4v) is 3.68. The number of aromatic nitrogens is 2. The topological polar surface area (TPSA) is 37.8 Å². The largest absolute Gasteiger partial charge is 0.323 e. The smallest absolute Gasteiger partial charge is 0.263 e. The van der Waals surface area contributed by atoms with E-state index in [4.69, 9.17) is 12.2 Å². The number of nitrogens with one attached hydrogen (secondary N) is 1. The van der Waals surface area contributed by atoms with Crippen LogP contribution in [0.2, 0.25) is 0 Å². The molecule has 0 radical (unpaired) electrons. The second kappa shape index (κ2) is 4.79. The lowest BCUT2D eigenvalue weighted by atomic mass is 10.2. The van der Waals surface area contributed by atoms with Gasteiger partial charge in [-0.15, -0.1) is 11.3 Å². The number of nitrogens with zero attached hydrogens (tertiary/aromatic N) is 1. The predicted molar refractivity (Wildman–Crippen MR) is 79.3 cm³/mol. The van der Waals surface area contributed by atoms with Gasteiger partial charge in [0.15, 0.2) is 4.77 Å². The Morgan fingerprint density at radius 3 is 3.00 bits per heavy atom. The predicted octanol–water partition coefficient (Wildman–Crippen LogP) is 3.42. The molecular weight excluding hydrogens is 284 g/mol. The Labute approximate surface area is 116 Å². The van der Waals surface area contributed by atoms with E-state index in [9.17, 15) is 4.79 Å². The first-order chi connectivity index (χ1) is 8.75. The van der Waals surface area contributed by atoms with Gasteiger partial charge < -0.3 is 4.98 Å². The van der Waals surface area contributed by atoms with Gasteiger partial charge in [-0.3, -0.25) is 9.36 Å². The molecule has 3 nitrogen and oxygen atoms in total. The molecule has 0 aliphatic rings. The van der Waals surface area contributed by atoms with E-state index in [-0.39, 0.29) is 5.56 Å². The van der Waals surface area contributed by atoms with Crippen molar-refractivity contribution in [1.82, 2.24) is 9.55 Å². The normalized spacial score (nSPS) is 11.1. The highest BCUT2D eigenvalue weighted by atomic mass is 32.1. The van der Waals surface area contributed by atoms with Gasteiger partial charge in [-0.25, -0.2) is 0 Å². The number of aryl methyl sites for hydroxylation is 1. The van der Waals surface area contributed by atoms with E-state index in [0.29, 0.717) is 11.3 Å². The first-order valence-corrected chi connectivity index (χ1v) is 7.70. The minimum absolute atomic E-state index is 0.00484. The molecule has 92 valence electrons. The summed E-state index contributed by atoms with van der Waals surface area (Å²) >= 11 is 8.42. The fraction of sp³-hybridized carbons (Fsp3) is 0.167. The summed E-state index contributed by atoms with van der Waals surface area (Å²) in [6, 6.07) is 3.92. The van der Waals surface area contributed by atoms with Gasteiger partial charge in [0.05, 0.1) is 5.39 Å². The van der Waals surface area contributed by atoms with Crippen molar-refractivity contribution in [3.8, 4) is 0 Å². The molecule has 18 heavy (non-hydrogen) atoms. The summed E-state index contributed by atoms with van der Waals surface area (Å²) in [5.74, 6) is 0. The third-order valence-corrected chi connectivity index (χ3v) is 4.69. The number of hydrogen-bond acceptors (Lipinski definition) is 4. The third kappa shape index (κ3) is 2.07. The number of fused-ring (bicyclic) bond motifs is 1. The molecule has 3 aromatic heterocycles. The fourth-order valence-electron chi connectivity index (χ4n) is 1.86. The van der Waals surface area contributed by atoms with Crippen LogP contribution in [0.4, 0.5) is 0 Å². The standard InChI is InChI=1S/C12H10N2OS3/c15-11-9-3-6-18-10(9)13-12(16)14(11)4-1-8-2-5-17-7-8/h2-3,5-7H,1,4H2,(H,13,16). The van der Waals surface area contributed by atoms with Gasteiger partial charge in [-0.1, -0.05) is 0 Å². The van der Waals surface area contributed by atoms with Gasteiger partial charge in [0.25, 0.3) is 5.56 Å². The highest BCUT2D eigenvalue weighted by Crippen LogP contribution is 2.14. The zero-order chi connectivity index (χ0) is 12.5. The van der Waals surface area contributed by atoms with Crippen molar-refractivity contribution < 1.29 is 0 Å². The summed E-state index contributed by atoms with van der Waals surface area (Å²) in [4.78, 5) is 16.2. The second-order valence-corrected chi connectivity index (χ2v) is 6.01. The average molecular weight is 294 g/mol. The van der Waals surface area contributed by atoms with Crippen molar-refractivity contribution in [3.63, 3.8) is 0 Å². The summed E-state index contributed by atoms with van der Waals surface area (Å²) in [6.07, 6.45) is 0.830. The molecule has 0 bridgehead atoms. The molecule has 0 aromatic carbocycles. The van der Waals surface area contributed by atoms with Gasteiger partial charge in [0, 0.05) is 6.54 Å². The molecule has 0 saturated heterocycles. The van der Waals surface area contributed by atoms with E-state index >= 15 is 0 Å². The zero-order valence-electron chi connectivity index (χ0n) is 9.38. The van der Waals surface area contributed by atoms with Crippen LogP contribution in [0.5, 0.6) is 0 Å². The van der Waals surface area contributed by atoms with Crippen LogP contribution in [0.15, 0.2) is 33.1 Å². The van der Waals surface area contributed by atoms with Crippen LogP contribution in [-0.4, -0.2) is 9.55 Å². The van der Waals surface area contributed by atoms with Crippen LogP contribution in [0.1, 0.15) is 5.56 Å². The van der Waals surface area contributed by atoms with Crippen molar-refractivity contribution in [2.75, 3.05) is 0 Å². The monoisotopic (exact) mass is 294 g/mol. The number of hydrogen-bond donors (Lipinski definition) is 1. The summed E-state index contributed by atoms with van der Waals surface area (Å²) < 4.78 is 2.15. The summed E-state index contributed by atoms with van der Waals surface area (Å²) in [5, 5.41) is 6.77. The molecule has 1 N–H and O–H groups in total. The van der Waals surface area contributed by atoms with Gasteiger partial charge in [-0.05, 0) is 52.5 Å². The van der Waals surface area contributed by atoms with Gasteiger partial charge >= 0.3 is 0 Å². The maximum absolute atomic E-state index is 12.3. The number of rotatable bonds is 3. The SMILES string of the molecule is O=c1c2ccsc2[nH]c(=S)n1CCc1ccsc1. The summed E-state index contributed by atoms with van der Waals surface area (Å²) in [7, 11) is 0. The Hall–Kier alpha value is -1.24. The molecule has 0 saturated carbocycles. The third-order valence-electron chi connectivity index (χ3n) is 2.81. The number of aromatic amines is 1. The lowest BCUT2D eigenvalue weighted by molar-refractivity contribution is 0.654. The maximum atomic E-state index is 12.3. The van der Waals surface area contributed by atoms with E-state index in [1.165, 1.54) is 16.9 Å². The van der Waals surface area contributed by atoms with E-state index in [2.05, 4.69) is 16.4 Å². The molecule has 0 aliphatic heterocycles. The summed E-state index contributed by atoms with van der Waals surface area (Å²) in [6.45, 7) is 0.622. The summed E-state index contributed by atoms with van der Waals surface area (Å²) in [5.41, 5.74) is 1.25. The maximum Gasteiger partial charge on any atom is 0.263 e. The molecule has 3 rings (SSSR count). The molecule has 0 atom stereocenters. The molecule has 0 aliphatic carbocycles. The highest BCUT2D eigenvalue weighted by molar-refractivity contribution is 7.71. The van der Waals surface area contributed by atoms with E-state index in [0.717, 1.165) is 16.6 Å². The molecule has 3 heterocycles. The molecule has 6 heteroatoms. The lowest BCUT2D eigenvalue weighted by Crippen LogP contribution is -2.22. The van der Waals surface area contributed by atoms with Gasteiger partial charge in [0.2, 0.25) is 0 Å². The van der Waals surface area contributed by atoms with Crippen molar-refractivity contribution in [2.45, 2.75) is 13.0 Å². The van der Waals surface area contributed by atoms with Crippen LogP contribution < -0.4 is 5.56 Å². The Morgan fingerprint density at radius 2 is 2.22 bits per heavy atom. The van der Waals surface area contributed by atoms with Crippen molar-refractivity contribution >= 4 is 45.1 Å². The molecular formula is C12H10N2OS3. The minimum Gasteiger partial charge on any atom is -0.323 e. The van der Waals surface area contributed by atoms with Gasteiger partial charge in [-0.2, -0.15) is 11.3 Å². The van der Waals surface area contributed by atoms with Crippen LogP contribution in [-0.2, 0) is 13.0 Å². The zero-order valence-corrected chi connectivity index (χ0v) is 11.8. The number of thiophene rings is 2. The quantitative estimate of drug-likeness (QED) is 0.752. The number of H-pyrrole nitrogens is 1. The second-order valence-electron chi connectivity index (χ2n) is 3.93. The van der Waals surface area contributed by atoms with E-state index in [1.54, 1.807) is 15.9 Å². The van der Waals surface area contributed by atoms with Crippen LogP contribution in [0.25, 0.3) is 10.2 Å². The first kappa shape index (κ1) is 11.8.